The fourth-order valence-electron chi connectivity index (χ4n) is 0.715. The second kappa shape index (κ2) is 2.41. The number of hydrogen-bond donors (Lipinski definition) is 0. The summed E-state index contributed by atoms with van der Waals surface area (Å²) in [6, 6.07) is 0. The van der Waals surface area contributed by atoms with E-state index < -0.39 is 0 Å². The molecule has 0 saturated heterocycles. The van der Waals surface area contributed by atoms with Gasteiger partial charge in [-0.1, -0.05) is 13.0 Å². The van der Waals surface area contributed by atoms with Crippen LogP contribution in [-0.4, -0.2) is 5.75 Å². The minimum absolute atomic E-state index is 1.24. The van der Waals surface area contributed by atoms with Crippen molar-refractivity contribution in [3.8, 4) is 0 Å². The van der Waals surface area contributed by atoms with Crippen LogP contribution >= 0.6 is 11.8 Å². The Morgan fingerprint density at radius 2 is 2.71 bits per heavy atom. The molecule has 0 saturated carbocycles. The minimum Gasteiger partial charge on any atom is -0.131 e. The van der Waals surface area contributed by atoms with Gasteiger partial charge in [-0.2, -0.15) is 0 Å². The summed E-state index contributed by atoms with van der Waals surface area (Å²) in [5, 5.41) is 0. The Kier molecular flexibility index (Phi) is 1.80. The summed E-state index contributed by atoms with van der Waals surface area (Å²) in [6.07, 6.45) is 4.88. The highest BCUT2D eigenvalue weighted by atomic mass is 32.2. The summed E-state index contributed by atoms with van der Waals surface area (Å²) in [4.78, 5) is 1.58. The molecule has 1 aliphatic rings. The molecule has 0 radical (unpaired) electrons. The van der Waals surface area contributed by atoms with Gasteiger partial charge in [0.2, 0.25) is 0 Å². The van der Waals surface area contributed by atoms with Gasteiger partial charge in [-0.05, 0) is 17.7 Å². The van der Waals surface area contributed by atoms with Crippen LogP contribution in [0.25, 0.3) is 0 Å². The molecule has 0 amide bonds. The average molecular weight is 114 g/mol. The van der Waals surface area contributed by atoms with Gasteiger partial charge in [-0.25, -0.2) is 0 Å². The van der Waals surface area contributed by atoms with Crippen LogP contribution in [0.2, 0.25) is 0 Å². The Balaban J connectivity index is 2.36. The third kappa shape index (κ3) is 1.23. The van der Waals surface area contributed by atoms with Gasteiger partial charge in [0.05, 0.1) is 0 Å². The van der Waals surface area contributed by atoms with Crippen molar-refractivity contribution < 1.29 is 0 Å². The van der Waals surface area contributed by atoms with Gasteiger partial charge < -0.3 is 0 Å². The standard InChI is InChI=1S/C6H10S/c1-2-6-4-3-5-7-6/h4H,2-3,5H2,1H3. The maximum absolute atomic E-state index is 2.34. The Morgan fingerprint density at radius 3 is 3.00 bits per heavy atom. The zero-order valence-electron chi connectivity index (χ0n) is 4.61. The summed E-state index contributed by atoms with van der Waals surface area (Å²) >= 11 is 2.00. The van der Waals surface area contributed by atoms with Crippen molar-refractivity contribution in [3.63, 3.8) is 0 Å². The third-order valence-corrected chi connectivity index (χ3v) is 2.39. The lowest BCUT2D eigenvalue weighted by Gasteiger charge is -1.88. The van der Waals surface area contributed by atoms with Crippen LogP contribution in [0.4, 0.5) is 0 Å². The van der Waals surface area contributed by atoms with Gasteiger partial charge in [0.15, 0.2) is 0 Å². The molecule has 0 nitrogen and oxygen atoms in total. The smallest absolute Gasteiger partial charge is 0.00117 e. The van der Waals surface area contributed by atoms with Crippen LogP contribution in [0.5, 0.6) is 0 Å². The zero-order valence-corrected chi connectivity index (χ0v) is 5.42. The third-order valence-electron chi connectivity index (χ3n) is 1.13. The highest BCUT2D eigenvalue weighted by Gasteiger charge is 1.99. The van der Waals surface area contributed by atoms with E-state index in [2.05, 4.69) is 13.0 Å². The first kappa shape index (κ1) is 5.23. The fourth-order valence-corrected chi connectivity index (χ4v) is 1.65. The van der Waals surface area contributed by atoms with E-state index in [0.717, 1.165) is 0 Å². The van der Waals surface area contributed by atoms with Gasteiger partial charge in [-0.15, -0.1) is 11.8 Å². The van der Waals surface area contributed by atoms with Crippen LogP contribution < -0.4 is 0 Å². The first-order chi connectivity index (χ1) is 3.43. The number of rotatable bonds is 1. The van der Waals surface area contributed by atoms with Crippen molar-refractivity contribution in [2.75, 3.05) is 5.75 Å². The Hall–Kier alpha value is 0.0900. The minimum atomic E-state index is 1.24. The van der Waals surface area contributed by atoms with Gasteiger partial charge in [0.25, 0.3) is 0 Å². The summed E-state index contributed by atoms with van der Waals surface area (Å²) < 4.78 is 0. The van der Waals surface area contributed by atoms with E-state index in [-0.39, 0.29) is 0 Å². The van der Waals surface area contributed by atoms with Gasteiger partial charge in [0, 0.05) is 5.75 Å². The predicted octanol–water partition coefficient (Wildman–Crippen LogP) is 2.42. The van der Waals surface area contributed by atoms with Crippen molar-refractivity contribution in [3.05, 3.63) is 11.0 Å². The molecule has 0 fully saturated rings. The molecule has 0 aromatic heterocycles. The largest absolute Gasteiger partial charge is 0.131 e. The molecule has 40 valence electrons. The Labute approximate surface area is 49.0 Å². The molecule has 1 rings (SSSR count). The molecular weight excluding hydrogens is 104 g/mol. The first-order valence-corrected chi connectivity index (χ1v) is 3.74. The molecule has 0 unspecified atom stereocenters. The van der Waals surface area contributed by atoms with Crippen molar-refractivity contribution in [2.45, 2.75) is 19.8 Å². The van der Waals surface area contributed by atoms with Crippen molar-refractivity contribution in [1.82, 2.24) is 0 Å². The normalized spacial score (nSPS) is 19.9. The Morgan fingerprint density at radius 1 is 1.86 bits per heavy atom. The molecular formula is C6H10S. The van der Waals surface area contributed by atoms with E-state index >= 15 is 0 Å². The van der Waals surface area contributed by atoms with E-state index in [0.29, 0.717) is 0 Å². The second-order valence-corrected chi connectivity index (χ2v) is 2.88. The fraction of sp³-hybridized carbons (Fsp3) is 0.667. The van der Waals surface area contributed by atoms with E-state index in [9.17, 15) is 0 Å². The first-order valence-electron chi connectivity index (χ1n) is 2.75. The topological polar surface area (TPSA) is 0 Å². The molecule has 0 N–H and O–H groups in total. The summed E-state index contributed by atoms with van der Waals surface area (Å²) in [5.74, 6) is 1.32. The number of hydrogen-bond acceptors (Lipinski definition) is 1. The van der Waals surface area contributed by atoms with Crippen LogP contribution in [0.15, 0.2) is 11.0 Å². The van der Waals surface area contributed by atoms with E-state index in [1.54, 1.807) is 4.91 Å². The molecule has 7 heavy (non-hydrogen) atoms. The molecule has 0 bridgehead atoms. The molecule has 1 heteroatoms. The van der Waals surface area contributed by atoms with E-state index in [1.165, 1.54) is 18.6 Å². The maximum Gasteiger partial charge on any atom is 0.00117 e. The molecule has 1 aliphatic heterocycles. The quantitative estimate of drug-likeness (QED) is 0.504. The number of allylic oxidation sites excluding steroid dienone is 2. The highest BCUT2D eigenvalue weighted by Crippen LogP contribution is 2.26. The molecule has 1 heterocycles. The lowest BCUT2D eigenvalue weighted by atomic mass is 10.4. The Bertz CT molecular complexity index is 84.2. The molecule has 0 aromatic carbocycles. The van der Waals surface area contributed by atoms with E-state index in [1.807, 2.05) is 11.8 Å². The van der Waals surface area contributed by atoms with E-state index in [4.69, 9.17) is 0 Å². The molecule has 0 atom stereocenters. The molecule has 0 spiro atoms. The monoisotopic (exact) mass is 114 g/mol. The summed E-state index contributed by atoms with van der Waals surface area (Å²) in [6.45, 7) is 2.21. The average Bonchev–Trinajstić information content (AvgIpc) is 2.14. The lowest BCUT2D eigenvalue weighted by Crippen LogP contribution is -1.62. The van der Waals surface area contributed by atoms with Crippen molar-refractivity contribution >= 4 is 11.8 Å². The lowest BCUT2D eigenvalue weighted by molar-refractivity contribution is 1.18. The molecule has 0 aromatic rings. The highest BCUT2D eigenvalue weighted by molar-refractivity contribution is 8.03. The van der Waals surface area contributed by atoms with Gasteiger partial charge in [0.1, 0.15) is 0 Å². The SMILES string of the molecule is CCC1=CCCS1. The zero-order chi connectivity index (χ0) is 5.11. The summed E-state index contributed by atoms with van der Waals surface area (Å²) in [7, 11) is 0. The van der Waals surface area contributed by atoms with Crippen molar-refractivity contribution in [2.24, 2.45) is 0 Å². The van der Waals surface area contributed by atoms with Gasteiger partial charge >= 0.3 is 0 Å². The number of thioether (sulfide) groups is 1. The van der Waals surface area contributed by atoms with Gasteiger partial charge in [-0.3, -0.25) is 0 Å². The molecule has 0 aliphatic carbocycles. The van der Waals surface area contributed by atoms with Crippen LogP contribution in [0.3, 0.4) is 0 Å². The van der Waals surface area contributed by atoms with Crippen LogP contribution in [-0.2, 0) is 0 Å². The maximum atomic E-state index is 2.34. The van der Waals surface area contributed by atoms with Crippen LogP contribution in [0.1, 0.15) is 19.8 Å². The van der Waals surface area contributed by atoms with Crippen molar-refractivity contribution in [1.29, 1.82) is 0 Å². The summed E-state index contributed by atoms with van der Waals surface area (Å²) in [5.41, 5.74) is 0. The second-order valence-electron chi connectivity index (χ2n) is 1.66. The van der Waals surface area contributed by atoms with Crippen LogP contribution in [0, 0.1) is 0 Å². The predicted molar refractivity (Wildman–Crippen MR) is 35.4 cm³/mol.